The number of nitrogens with zero attached hydrogens (tertiary/aromatic N) is 4. The van der Waals surface area contributed by atoms with Crippen LogP contribution in [0, 0.1) is 0 Å². The highest BCUT2D eigenvalue weighted by Crippen LogP contribution is 2.34. The summed E-state index contributed by atoms with van der Waals surface area (Å²) in [7, 11) is 0. The van der Waals surface area contributed by atoms with Crippen LogP contribution in [0.25, 0.3) is 0 Å². The predicted octanol–water partition coefficient (Wildman–Crippen LogP) is 2.02. The summed E-state index contributed by atoms with van der Waals surface area (Å²) in [5, 5.41) is 0.864. The van der Waals surface area contributed by atoms with Crippen molar-refractivity contribution in [2.24, 2.45) is 0 Å². The number of hydrogen-bond donors (Lipinski definition) is 0. The van der Waals surface area contributed by atoms with Crippen molar-refractivity contribution in [3.63, 3.8) is 0 Å². The van der Waals surface area contributed by atoms with Crippen LogP contribution in [-0.4, -0.2) is 64.4 Å². The lowest BCUT2D eigenvalue weighted by Gasteiger charge is -2.34. The van der Waals surface area contributed by atoms with E-state index in [1.807, 2.05) is 36.4 Å². The average molecular weight is 410 g/mol. The summed E-state index contributed by atoms with van der Waals surface area (Å²) in [5.74, 6) is 0.454. The van der Waals surface area contributed by atoms with Crippen LogP contribution in [-0.2, 0) is 16.1 Å². The Balaban J connectivity index is 1.43. The van der Waals surface area contributed by atoms with Crippen LogP contribution in [0.2, 0.25) is 0 Å². The van der Waals surface area contributed by atoms with E-state index in [0.29, 0.717) is 44.0 Å². The molecule has 8 heteroatoms. The van der Waals surface area contributed by atoms with Gasteiger partial charge in [0.1, 0.15) is 5.03 Å². The van der Waals surface area contributed by atoms with Crippen molar-refractivity contribution in [3.05, 3.63) is 53.7 Å². The molecule has 0 N–H and O–H groups in total. The molecular weight excluding hydrogens is 388 g/mol. The molecule has 0 radical (unpaired) electrons. The first-order valence-corrected chi connectivity index (χ1v) is 10.5. The first-order chi connectivity index (χ1) is 14.0. The number of benzene rings is 1. The molecule has 1 fully saturated rings. The van der Waals surface area contributed by atoms with E-state index in [1.165, 1.54) is 11.8 Å². The third kappa shape index (κ3) is 4.12. The van der Waals surface area contributed by atoms with E-state index in [9.17, 15) is 14.4 Å². The second-order valence-corrected chi connectivity index (χ2v) is 8.06. The van der Waals surface area contributed by atoms with E-state index in [0.717, 1.165) is 16.3 Å². The van der Waals surface area contributed by atoms with Crippen LogP contribution in [0.15, 0.2) is 47.6 Å². The van der Waals surface area contributed by atoms with Crippen LogP contribution >= 0.6 is 11.8 Å². The maximum Gasteiger partial charge on any atom is 0.253 e. The summed E-state index contributed by atoms with van der Waals surface area (Å²) in [6.07, 6.45) is 1.73. The number of carbonyl (C=O) groups is 3. The van der Waals surface area contributed by atoms with Crippen LogP contribution in [0.3, 0.4) is 0 Å². The summed E-state index contributed by atoms with van der Waals surface area (Å²) in [6.45, 7) is 4.23. The highest BCUT2D eigenvalue weighted by atomic mass is 32.2. The van der Waals surface area contributed by atoms with Gasteiger partial charge in [-0.2, -0.15) is 0 Å². The standard InChI is InChI=1S/C21H22N4O3S/c1-15(26)23-9-11-24(12-10-23)21(28)17-6-4-16(5-7-17)13-25-18-3-2-8-22-20(18)29-14-19(25)27/h2-8H,9-14H2,1H3. The molecule has 0 unspecified atom stereocenters. The zero-order valence-electron chi connectivity index (χ0n) is 16.2. The molecule has 1 aromatic carbocycles. The van der Waals surface area contributed by atoms with Gasteiger partial charge in [0.25, 0.3) is 5.91 Å². The molecule has 3 heterocycles. The summed E-state index contributed by atoms with van der Waals surface area (Å²) in [4.78, 5) is 46.2. The van der Waals surface area contributed by atoms with Gasteiger partial charge in [-0.05, 0) is 29.8 Å². The van der Waals surface area contributed by atoms with Crippen LogP contribution in [0.4, 0.5) is 5.69 Å². The predicted molar refractivity (Wildman–Crippen MR) is 111 cm³/mol. The molecule has 2 aromatic rings. The molecule has 150 valence electrons. The number of hydrogen-bond acceptors (Lipinski definition) is 5. The lowest BCUT2D eigenvalue weighted by molar-refractivity contribution is -0.130. The SMILES string of the molecule is CC(=O)N1CCN(C(=O)c2ccc(CN3C(=O)CSc4ncccc43)cc2)CC1. The molecule has 4 rings (SSSR count). The fourth-order valence-corrected chi connectivity index (χ4v) is 4.43. The molecule has 0 bridgehead atoms. The van der Waals surface area contributed by atoms with Gasteiger partial charge < -0.3 is 14.7 Å². The van der Waals surface area contributed by atoms with Gasteiger partial charge in [-0.15, -0.1) is 0 Å². The molecular formula is C21H22N4O3S. The average Bonchev–Trinajstić information content (AvgIpc) is 2.76. The molecule has 0 aliphatic carbocycles. The summed E-state index contributed by atoms with van der Waals surface area (Å²) < 4.78 is 0. The third-order valence-corrected chi connectivity index (χ3v) is 6.21. The summed E-state index contributed by atoms with van der Waals surface area (Å²) in [6, 6.07) is 11.1. The van der Waals surface area contributed by atoms with Gasteiger partial charge in [0.15, 0.2) is 0 Å². The second kappa shape index (κ2) is 8.24. The smallest absolute Gasteiger partial charge is 0.253 e. The van der Waals surface area contributed by atoms with Crippen LogP contribution < -0.4 is 4.90 Å². The molecule has 1 saturated heterocycles. The number of fused-ring (bicyclic) bond motifs is 1. The van der Waals surface area contributed by atoms with E-state index in [4.69, 9.17) is 0 Å². The van der Waals surface area contributed by atoms with Crippen molar-refractivity contribution in [3.8, 4) is 0 Å². The first kappa shape index (κ1) is 19.4. The highest BCUT2D eigenvalue weighted by Gasteiger charge is 2.26. The molecule has 2 aliphatic heterocycles. The fourth-order valence-electron chi connectivity index (χ4n) is 3.56. The Labute approximate surface area is 173 Å². The summed E-state index contributed by atoms with van der Waals surface area (Å²) >= 11 is 1.46. The van der Waals surface area contributed by atoms with E-state index in [2.05, 4.69) is 4.98 Å². The van der Waals surface area contributed by atoms with Crippen molar-refractivity contribution < 1.29 is 14.4 Å². The Hall–Kier alpha value is -2.87. The first-order valence-electron chi connectivity index (χ1n) is 9.55. The third-order valence-electron chi connectivity index (χ3n) is 5.23. The number of thioether (sulfide) groups is 1. The largest absolute Gasteiger partial charge is 0.339 e. The van der Waals surface area contributed by atoms with Crippen molar-refractivity contribution in [1.82, 2.24) is 14.8 Å². The van der Waals surface area contributed by atoms with Gasteiger partial charge in [0.2, 0.25) is 11.8 Å². The van der Waals surface area contributed by atoms with Crippen molar-refractivity contribution in [2.75, 3.05) is 36.8 Å². The number of rotatable bonds is 3. The fraction of sp³-hybridized carbons (Fsp3) is 0.333. The molecule has 7 nitrogen and oxygen atoms in total. The zero-order chi connectivity index (χ0) is 20.4. The minimum absolute atomic E-state index is 0.0280. The van der Waals surface area contributed by atoms with Gasteiger partial charge in [0, 0.05) is 44.9 Å². The minimum Gasteiger partial charge on any atom is -0.339 e. The summed E-state index contributed by atoms with van der Waals surface area (Å²) in [5.41, 5.74) is 2.41. The lowest BCUT2D eigenvalue weighted by atomic mass is 10.1. The van der Waals surface area contributed by atoms with Gasteiger partial charge >= 0.3 is 0 Å². The van der Waals surface area contributed by atoms with Gasteiger partial charge in [-0.3, -0.25) is 14.4 Å². The van der Waals surface area contributed by atoms with Crippen molar-refractivity contribution in [2.45, 2.75) is 18.5 Å². The van der Waals surface area contributed by atoms with Gasteiger partial charge in [-0.25, -0.2) is 4.98 Å². The molecule has 0 atom stereocenters. The van der Waals surface area contributed by atoms with E-state index < -0.39 is 0 Å². The number of amides is 3. The monoisotopic (exact) mass is 410 g/mol. The highest BCUT2D eigenvalue weighted by molar-refractivity contribution is 8.00. The number of carbonyl (C=O) groups excluding carboxylic acids is 3. The molecule has 1 aromatic heterocycles. The topological polar surface area (TPSA) is 73.8 Å². The maximum absolute atomic E-state index is 12.7. The zero-order valence-corrected chi connectivity index (χ0v) is 17.0. The second-order valence-electron chi connectivity index (χ2n) is 7.09. The number of pyridine rings is 1. The molecule has 2 aliphatic rings. The minimum atomic E-state index is -0.0280. The Morgan fingerprint density at radius 2 is 1.72 bits per heavy atom. The number of anilines is 1. The quantitative estimate of drug-likeness (QED) is 0.774. The van der Waals surface area contributed by atoms with Gasteiger partial charge in [0.05, 0.1) is 18.0 Å². The number of aromatic nitrogens is 1. The normalized spacial score (nSPS) is 16.6. The molecule has 0 spiro atoms. The Bertz CT molecular complexity index is 939. The molecule has 3 amide bonds. The van der Waals surface area contributed by atoms with Gasteiger partial charge in [-0.1, -0.05) is 23.9 Å². The Morgan fingerprint density at radius 1 is 1.03 bits per heavy atom. The van der Waals surface area contributed by atoms with E-state index >= 15 is 0 Å². The van der Waals surface area contributed by atoms with E-state index in [-0.39, 0.29) is 17.7 Å². The van der Waals surface area contributed by atoms with Crippen molar-refractivity contribution in [1.29, 1.82) is 0 Å². The van der Waals surface area contributed by atoms with Crippen molar-refractivity contribution >= 4 is 35.2 Å². The Kier molecular flexibility index (Phi) is 5.53. The van der Waals surface area contributed by atoms with E-state index in [1.54, 1.807) is 27.8 Å². The molecule has 0 saturated carbocycles. The Morgan fingerprint density at radius 3 is 2.41 bits per heavy atom. The van der Waals surface area contributed by atoms with Crippen LogP contribution in [0.1, 0.15) is 22.8 Å². The maximum atomic E-state index is 12.7. The number of piperazine rings is 1. The lowest BCUT2D eigenvalue weighted by Crippen LogP contribution is -2.50. The molecule has 29 heavy (non-hydrogen) atoms. The van der Waals surface area contributed by atoms with Crippen LogP contribution in [0.5, 0.6) is 0 Å².